The average molecular weight is 373 g/mol. The third-order valence-corrected chi connectivity index (χ3v) is 6.02. The minimum Gasteiger partial charge on any atom is -0.372 e. The van der Waals surface area contributed by atoms with Gasteiger partial charge in [-0.05, 0) is 84.2 Å². The van der Waals surface area contributed by atoms with Crippen LogP contribution in [0.5, 0.6) is 0 Å². The zero-order valence-corrected chi connectivity index (χ0v) is 17.4. The van der Waals surface area contributed by atoms with Crippen LogP contribution in [0.2, 0.25) is 0 Å². The summed E-state index contributed by atoms with van der Waals surface area (Å²) in [6.07, 6.45) is 7.95. The third kappa shape index (κ3) is 4.16. The molecule has 2 nitrogen and oxygen atoms in total. The summed E-state index contributed by atoms with van der Waals surface area (Å²) in [4.78, 5) is 2.56. The van der Waals surface area contributed by atoms with Crippen molar-refractivity contribution in [1.82, 2.24) is 4.57 Å². The van der Waals surface area contributed by atoms with Gasteiger partial charge >= 0.3 is 0 Å². The van der Waals surface area contributed by atoms with Gasteiger partial charge < -0.3 is 9.47 Å². The number of anilines is 1. The Morgan fingerprint density at radius 1 is 0.786 bits per heavy atom. The van der Waals surface area contributed by atoms with E-state index in [0.29, 0.717) is 11.8 Å². The van der Waals surface area contributed by atoms with Crippen molar-refractivity contribution in [3.63, 3.8) is 0 Å². The van der Waals surface area contributed by atoms with E-state index in [1.54, 1.807) is 0 Å². The largest absolute Gasteiger partial charge is 0.372 e. The number of rotatable bonds is 6. The quantitative estimate of drug-likeness (QED) is 0.476. The first-order valence-corrected chi connectivity index (χ1v) is 10.7. The molecule has 1 aliphatic rings. The van der Waals surface area contributed by atoms with Crippen LogP contribution in [-0.4, -0.2) is 17.7 Å². The average Bonchev–Trinajstić information content (AvgIpc) is 3.42. The molecule has 1 atom stereocenters. The highest BCUT2D eigenvalue weighted by Crippen LogP contribution is 2.30. The summed E-state index contributed by atoms with van der Waals surface area (Å²) in [7, 11) is 0. The minimum atomic E-state index is 0.490. The maximum Gasteiger partial charge on any atom is 0.0452 e. The second-order valence-corrected chi connectivity index (χ2v) is 8.57. The monoisotopic (exact) mass is 372 g/mol. The van der Waals surface area contributed by atoms with Crippen molar-refractivity contribution in [2.75, 3.05) is 18.0 Å². The number of nitrogens with zero attached hydrogens (tertiary/aromatic N) is 2. The number of hydrogen-bond donors (Lipinski definition) is 0. The van der Waals surface area contributed by atoms with Crippen molar-refractivity contribution in [3.8, 4) is 5.69 Å². The molecule has 146 valence electrons. The van der Waals surface area contributed by atoms with Gasteiger partial charge in [-0.15, -0.1) is 0 Å². The molecule has 1 saturated heterocycles. The van der Waals surface area contributed by atoms with Crippen LogP contribution in [0.15, 0.2) is 67.0 Å². The summed E-state index contributed by atoms with van der Waals surface area (Å²) < 4.78 is 2.18. The molecule has 2 heterocycles. The molecule has 0 amide bonds. The van der Waals surface area contributed by atoms with Gasteiger partial charge in [-0.3, -0.25) is 0 Å². The first-order chi connectivity index (χ1) is 13.6. The summed E-state index contributed by atoms with van der Waals surface area (Å²) in [5.41, 5.74) is 7.00. The molecule has 2 heteroatoms. The molecule has 1 aliphatic heterocycles. The highest BCUT2D eigenvalue weighted by molar-refractivity contribution is 5.53. The Morgan fingerprint density at radius 2 is 1.50 bits per heavy atom. The Morgan fingerprint density at radius 3 is 2.21 bits per heavy atom. The Bertz CT molecular complexity index is 902. The summed E-state index contributed by atoms with van der Waals surface area (Å²) >= 11 is 0. The second kappa shape index (κ2) is 8.26. The molecule has 0 aliphatic carbocycles. The van der Waals surface area contributed by atoms with E-state index in [9.17, 15) is 0 Å². The molecule has 3 aromatic rings. The van der Waals surface area contributed by atoms with Gasteiger partial charge in [0.05, 0.1) is 0 Å². The lowest BCUT2D eigenvalue weighted by Crippen LogP contribution is -2.18. The standard InChI is InChI=1S/C26H32N2/c1-20(2)24-16-22(17-26(19-24)28-13-6-7-14-28)15-21(3)23-9-8-10-25(18-23)27-11-4-5-12-27/h4-5,8-12,16-21H,6-7,13-15H2,1-3H3. The van der Waals surface area contributed by atoms with Crippen molar-refractivity contribution in [1.29, 1.82) is 0 Å². The summed E-state index contributed by atoms with van der Waals surface area (Å²) in [5, 5.41) is 0. The lowest BCUT2D eigenvalue weighted by Gasteiger charge is -2.22. The summed E-state index contributed by atoms with van der Waals surface area (Å²) in [6.45, 7) is 9.37. The van der Waals surface area contributed by atoms with E-state index in [2.05, 4.69) is 97.2 Å². The zero-order chi connectivity index (χ0) is 19.5. The van der Waals surface area contributed by atoms with E-state index in [1.165, 1.54) is 54.0 Å². The Labute approximate surface area is 169 Å². The van der Waals surface area contributed by atoms with E-state index >= 15 is 0 Å². The van der Waals surface area contributed by atoms with E-state index < -0.39 is 0 Å². The van der Waals surface area contributed by atoms with Gasteiger partial charge in [0.15, 0.2) is 0 Å². The zero-order valence-electron chi connectivity index (χ0n) is 17.4. The van der Waals surface area contributed by atoms with E-state index in [-0.39, 0.29) is 0 Å². The third-order valence-electron chi connectivity index (χ3n) is 6.02. The van der Waals surface area contributed by atoms with E-state index in [4.69, 9.17) is 0 Å². The van der Waals surface area contributed by atoms with Gasteiger partial charge in [-0.2, -0.15) is 0 Å². The fraction of sp³-hybridized carbons (Fsp3) is 0.385. The Kier molecular flexibility index (Phi) is 5.57. The van der Waals surface area contributed by atoms with Crippen molar-refractivity contribution >= 4 is 5.69 Å². The first-order valence-electron chi connectivity index (χ1n) is 10.7. The molecule has 4 rings (SSSR count). The van der Waals surface area contributed by atoms with Gasteiger partial charge in [0.2, 0.25) is 0 Å². The molecule has 0 radical (unpaired) electrons. The van der Waals surface area contributed by atoms with Crippen LogP contribution in [0.3, 0.4) is 0 Å². The van der Waals surface area contributed by atoms with Gasteiger partial charge in [-0.25, -0.2) is 0 Å². The molecule has 2 aromatic carbocycles. The predicted octanol–water partition coefficient (Wildman–Crippen LogP) is 6.55. The maximum absolute atomic E-state index is 2.56. The molecule has 28 heavy (non-hydrogen) atoms. The molecule has 0 saturated carbocycles. The maximum atomic E-state index is 2.56. The molecule has 1 unspecified atom stereocenters. The van der Waals surface area contributed by atoms with Crippen LogP contribution < -0.4 is 4.90 Å². The van der Waals surface area contributed by atoms with Gasteiger partial charge in [0, 0.05) is 36.9 Å². The van der Waals surface area contributed by atoms with Crippen LogP contribution in [-0.2, 0) is 6.42 Å². The highest BCUT2D eigenvalue weighted by Gasteiger charge is 2.16. The number of benzene rings is 2. The van der Waals surface area contributed by atoms with Crippen LogP contribution in [0.1, 0.15) is 62.1 Å². The fourth-order valence-electron chi connectivity index (χ4n) is 4.28. The van der Waals surface area contributed by atoms with Gasteiger partial charge in [0.25, 0.3) is 0 Å². The first kappa shape index (κ1) is 18.9. The Hall–Kier alpha value is -2.48. The predicted molar refractivity (Wildman–Crippen MR) is 120 cm³/mol. The van der Waals surface area contributed by atoms with Crippen molar-refractivity contribution in [2.24, 2.45) is 0 Å². The molecular formula is C26H32N2. The topological polar surface area (TPSA) is 8.17 Å². The van der Waals surface area contributed by atoms with Crippen LogP contribution in [0, 0.1) is 0 Å². The second-order valence-electron chi connectivity index (χ2n) is 8.57. The van der Waals surface area contributed by atoms with E-state index in [1.807, 2.05) is 0 Å². The molecule has 0 N–H and O–H groups in total. The fourth-order valence-corrected chi connectivity index (χ4v) is 4.28. The van der Waals surface area contributed by atoms with Crippen molar-refractivity contribution in [2.45, 2.75) is 51.9 Å². The van der Waals surface area contributed by atoms with Gasteiger partial charge in [0.1, 0.15) is 0 Å². The van der Waals surface area contributed by atoms with Crippen molar-refractivity contribution in [3.05, 3.63) is 83.7 Å². The normalized spacial score (nSPS) is 15.4. The minimum absolute atomic E-state index is 0.490. The molecule has 1 aromatic heterocycles. The smallest absolute Gasteiger partial charge is 0.0452 e. The number of aromatic nitrogens is 1. The summed E-state index contributed by atoms with van der Waals surface area (Å²) in [5.74, 6) is 1.05. The van der Waals surface area contributed by atoms with Crippen LogP contribution in [0.25, 0.3) is 5.69 Å². The highest BCUT2D eigenvalue weighted by atomic mass is 15.1. The molecule has 0 spiro atoms. The van der Waals surface area contributed by atoms with Gasteiger partial charge in [-0.1, -0.05) is 39.0 Å². The molecule has 0 bridgehead atoms. The Balaban J connectivity index is 1.58. The summed E-state index contributed by atoms with van der Waals surface area (Å²) in [6, 6.07) is 20.4. The number of hydrogen-bond acceptors (Lipinski definition) is 1. The van der Waals surface area contributed by atoms with E-state index in [0.717, 1.165) is 6.42 Å². The lowest BCUT2D eigenvalue weighted by atomic mass is 9.90. The van der Waals surface area contributed by atoms with Crippen LogP contribution >= 0.6 is 0 Å². The lowest BCUT2D eigenvalue weighted by molar-refractivity contribution is 0.753. The molecular weight excluding hydrogens is 340 g/mol. The SMILES string of the molecule is CC(C)c1cc(CC(C)c2cccc(-n3cccc3)c2)cc(N2CCCC2)c1. The molecule has 1 fully saturated rings. The van der Waals surface area contributed by atoms with Crippen molar-refractivity contribution < 1.29 is 0 Å². The van der Waals surface area contributed by atoms with Crippen LogP contribution in [0.4, 0.5) is 5.69 Å².